The predicted molar refractivity (Wildman–Crippen MR) is 363 cm³/mol. The van der Waals surface area contributed by atoms with Crippen molar-refractivity contribution in [3.05, 3.63) is 0 Å². The number of carbonyl (C=O) groups excluding carboxylic acids is 5. The Kier molecular flexibility index (Phi) is 54.5. The second kappa shape index (κ2) is 57.2. The lowest BCUT2D eigenvalue weighted by Gasteiger charge is -2.34. The first kappa shape index (κ1) is 84.7. The largest absolute Gasteiger partial charge is 0.466 e. The van der Waals surface area contributed by atoms with Gasteiger partial charge in [-0.15, -0.1) is 0 Å². The van der Waals surface area contributed by atoms with Crippen LogP contribution < -0.4 is 0 Å². The van der Waals surface area contributed by atoms with Crippen molar-refractivity contribution in [2.75, 3.05) is 123 Å². The summed E-state index contributed by atoms with van der Waals surface area (Å²) in [4.78, 5) is 70.7. The maximum atomic E-state index is 12.9. The van der Waals surface area contributed by atoms with Gasteiger partial charge in [0.15, 0.2) is 0 Å². The number of hydrogen-bond acceptors (Lipinski definition) is 20. The first-order chi connectivity index (χ1) is 42.8. The number of aliphatic hydroxyl groups is 4. The number of aliphatic hydroxyl groups excluding tert-OH is 4. The Morgan fingerprint density at radius 2 is 0.697 bits per heavy atom. The second-order valence-electron chi connectivity index (χ2n) is 26.1. The van der Waals surface area contributed by atoms with Gasteiger partial charge in [-0.05, 0) is 114 Å². The van der Waals surface area contributed by atoms with Gasteiger partial charge in [-0.3, -0.25) is 43.6 Å². The molecule has 1 fully saturated rings. The normalized spacial score (nSPS) is 14.7. The molecule has 1 aliphatic rings. The Hall–Kier alpha value is -2.27. The molecule has 1 rings (SSSR count). The van der Waals surface area contributed by atoms with Crippen LogP contribution in [0.5, 0.6) is 0 Å². The standard InChI is InChI=1S/C69H132N4O14S2/c1-9-59(10-2)55-86-68(81)31-19-15-13-17-27-61(74)51-72(52-62(75)28-18-14-16-20-32-69(82)87-56-60(11-3)12-4)38-25-35-67(80)85-48-44-70-40-42-71(43-41-70)45-50-89-88-49-26-39-73(53-63(76)29-21-23-33-65(78)83-46-36-57(5)6)54-64(77)30-22-24-34-66(79)84-47-37-58(7)8/h57-64,74-77H,9-56H2,1-8H3. The second-order valence-corrected chi connectivity index (χ2v) is 28.8. The van der Waals surface area contributed by atoms with Crippen molar-refractivity contribution in [1.82, 2.24) is 19.6 Å². The van der Waals surface area contributed by atoms with Crippen molar-refractivity contribution in [2.24, 2.45) is 23.7 Å². The van der Waals surface area contributed by atoms with Crippen LogP contribution in [0.15, 0.2) is 0 Å². The van der Waals surface area contributed by atoms with Crippen LogP contribution in [-0.2, 0) is 47.7 Å². The van der Waals surface area contributed by atoms with E-state index in [1.165, 1.54) is 0 Å². The van der Waals surface area contributed by atoms with Crippen LogP contribution in [0.4, 0.5) is 0 Å². The van der Waals surface area contributed by atoms with Crippen LogP contribution in [0.3, 0.4) is 0 Å². The third kappa shape index (κ3) is 51.8. The molecule has 0 aliphatic carbocycles. The number of piperazine rings is 1. The lowest BCUT2D eigenvalue weighted by Crippen LogP contribution is -2.47. The molecule has 4 unspecified atom stereocenters. The van der Waals surface area contributed by atoms with Gasteiger partial charge in [-0.25, -0.2) is 0 Å². The van der Waals surface area contributed by atoms with E-state index in [2.05, 4.69) is 75.0 Å². The molecule has 0 aromatic rings. The molecule has 524 valence electrons. The molecular formula is C69H132N4O14S2. The number of unbranched alkanes of at least 4 members (excludes halogenated alkanes) is 8. The van der Waals surface area contributed by atoms with Gasteiger partial charge in [0.2, 0.25) is 0 Å². The van der Waals surface area contributed by atoms with E-state index in [1.807, 2.05) is 21.6 Å². The molecule has 1 saturated heterocycles. The minimum absolute atomic E-state index is 0.133. The highest BCUT2D eigenvalue weighted by atomic mass is 33.1. The predicted octanol–water partition coefficient (Wildman–Crippen LogP) is 11.7. The fraction of sp³-hybridized carbons (Fsp3) is 0.928. The molecule has 0 spiro atoms. The van der Waals surface area contributed by atoms with Gasteiger partial charge in [0, 0.05) is 109 Å². The Morgan fingerprint density at radius 1 is 0.382 bits per heavy atom. The average molecular weight is 1310 g/mol. The maximum absolute atomic E-state index is 12.9. The topological polar surface area (TPSA) is 225 Å². The molecule has 20 heteroatoms. The summed E-state index contributed by atoms with van der Waals surface area (Å²) in [5.74, 6) is 2.89. The Bertz CT molecular complexity index is 1640. The highest BCUT2D eigenvalue weighted by Crippen LogP contribution is 2.23. The monoisotopic (exact) mass is 1300 g/mol. The van der Waals surface area contributed by atoms with E-state index in [-0.39, 0.29) is 36.3 Å². The zero-order chi connectivity index (χ0) is 65.7. The smallest absolute Gasteiger partial charge is 0.305 e. The van der Waals surface area contributed by atoms with Gasteiger partial charge in [-0.1, -0.05) is 154 Å². The average Bonchev–Trinajstić information content (AvgIpc) is 3.52. The SMILES string of the molecule is CCC(CC)COC(=O)CCCCCCC(O)CN(CCCC(=O)OCCN1CCN(CCSSCCCN(CC(O)CCCCC(=O)OCCC(C)C)CC(O)CCCCC(=O)OCCC(C)C)CC1)CC(O)CCCCCCC(=O)OCC(CC)CC. The molecule has 4 atom stereocenters. The summed E-state index contributed by atoms with van der Waals surface area (Å²) in [5.41, 5.74) is 0. The van der Waals surface area contributed by atoms with Gasteiger partial charge >= 0.3 is 29.8 Å². The zero-order valence-corrected chi connectivity index (χ0v) is 59.2. The minimum Gasteiger partial charge on any atom is -0.466 e. The molecule has 0 saturated carbocycles. The summed E-state index contributed by atoms with van der Waals surface area (Å²) < 4.78 is 27.3. The van der Waals surface area contributed by atoms with Crippen LogP contribution >= 0.6 is 21.6 Å². The quantitative estimate of drug-likeness (QED) is 0.0192. The lowest BCUT2D eigenvalue weighted by atomic mass is 10.1. The van der Waals surface area contributed by atoms with Crippen LogP contribution in [0.25, 0.3) is 0 Å². The zero-order valence-electron chi connectivity index (χ0n) is 57.5. The molecule has 0 aromatic heterocycles. The van der Waals surface area contributed by atoms with E-state index in [0.717, 1.165) is 160 Å². The Labute approximate surface area is 549 Å². The number of esters is 5. The number of hydrogen-bond donors (Lipinski definition) is 4. The Morgan fingerprint density at radius 3 is 1.09 bits per heavy atom. The van der Waals surface area contributed by atoms with Crippen molar-refractivity contribution in [1.29, 1.82) is 0 Å². The van der Waals surface area contributed by atoms with Crippen molar-refractivity contribution in [3.63, 3.8) is 0 Å². The fourth-order valence-corrected chi connectivity index (χ4v) is 12.7. The summed E-state index contributed by atoms with van der Waals surface area (Å²) in [6, 6.07) is 0. The van der Waals surface area contributed by atoms with Crippen LogP contribution in [0.2, 0.25) is 0 Å². The molecule has 0 radical (unpaired) electrons. The van der Waals surface area contributed by atoms with E-state index >= 15 is 0 Å². The number of ether oxygens (including phenoxy) is 5. The molecule has 0 aromatic carbocycles. The highest BCUT2D eigenvalue weighted by molar-refractivity contribution is 8.76. The minimum atomic E-state index is -0.573. The summed E-state index contributed by atoms with van der Waals surface area (Å²) in [6.07, 6.45) is 18.8. The van der Waals surface area contributed by atoms with E-state index in [0.29, 0.717) is 167 Å². The molecule has 89 heavy (non-hydrogen) atoms. The Balaban J connectivity index is 2.50. The van der Waals surface area contributed by atoms with Crippen LogP contribution in [0, 0.1) is 23.7 Å². The molecule has 1 heterocycles. The van der Waals surface area contributed by atoms with Crippen molar-refractivity contribution in [2.45, 2.75) is 266 Å². The van der Waals surface area contributed by atoms with Crippen LogP contribution in [-0.4, -0.2) is 217 Å². The molecular weight excluding hydrogens is 1170 g/mol. The van der Waals surface area contributed by atoms with E-state index in [1.54, 1.807) is 0 Å². The van der Waals surface area contributed by atoms with Crippen LogP contribution in [0.1, 0.15) is 242 Å². The third-order valence-corrected chi connectivity index (χ3v) is 19.5. The summed E-state index contributed by atoms with van der Waals surface area (Å²) in [5, 5.41) is 44.2. The van der Waals surface area contributed by atoms with Gasteiger partial charge in [0.1, 0.15) is 6.61 Å². The maximum Gasteiger partial charge on any atom is 0.305 e. The van der Waals surface area contributed by atoms with Gasteiger partial charge in [0.05, 0.1) is 50.8 Å². The molecule has 1 aliphatic heterocycles. The first-order valence-electron chi connectivity index (χ1n) is 35.5. The number of rotatable bonds is 61. The van der Waals surface area contributed by atoms with Gasteiger partial charge < -0.3 is 44.1 Å². The summed E-state index contributed by atoms with van der Waals surface area (Å²) in [6.45, 7) is 27.6. The van der Waals surface area contributed by atoms with Crippen molar-refractivity contribution in [3.8, 4) is 0 Å². The van der Waals surface area contributed by atoms with Crippen molar-refractivity contribution >= 4 is 51.4 Å². The van der Waals surface area contributed by atoms with Crippen molar-refractivity contribution < 1.29 is 68.1 Å². The highest BCUT2D eigenvalue weighted by Gasteiger charge is 2.21. The van der Waals surface area contributed by atoms with E-state index in [4.69, 9.17) is 23.7 Å². The van der Waals surface area contributed by atoms with Gasteiger partial charge in [0.25, 0.3) is 0 Å². The summed E-state index contributed by atoms with van der Waals surface area (Å²) >= 11 is 0. The van der Waals surface area contributed by atoms with E-state index in [9.17, 15) is 44.4 Å². The first-order valence-corrected chi connectivity index (χ1v) is 38.0. The molecule has 0 bridgehead atoms. The third-order valence-electron chi connectivity index (χ3n) is 17.0. The fourth-order valence-electron chi connectivity index (χ4n) is 10.6. The summed E-state index contributed by atoms with van der Waals surface area (Å²) in [7, 11) is 3.74. The van der Waals surface area contributed by atoms with Gasteiger partial charge in [-0.2, -0.15) is 0 Å². The lowest BCUT2D eigenvalue weighted by molar-refractivity contribution is -0.146. The molecule has 18 nitrogen and oxygen atoms in total. The number of nitrogens with zero attached hydrogens (tertiary/aromatic N) is 4. The molecule has 4 N–H and O–H groups in total. The molecule has 0 amide bonds. The number of carbonyl (C=O) groups is 5. The van der Waals surface area contributed by atoms with E-state index < -0.39 is 24.4 Å².